The van der Waals surface area contributed by atoms with Crippen molar-refractivity contribution in [3.8, 4) is 0 Å². The van der Waals surface area contributed by atoms with E-state index in [-0.39, 0.29) is 0 Å². The Balaban J connectivity index is 2.04. The van der Waals surface area contributed by atoms with Crippen molar-refractivity contribution in [1.29, 1.82) is 0 Å². The zero-order chi connectivity index (χ0) is 16.0. The minimum absolute atomic E-state index is 0.818. The molecule has 0 aliphatic carbocycles. The predicted molar refractivity (Wildman–Crippen MR) is 97.2 cm³/mol. The average Bonchev–Trinajstić information content (AvgIpc) is 2.89. The highest BCUT2D eigenvalue weighted by molar-refractivity contribution is 7.84. The number of hydrogen-bond donors (Lipinski definition) is 0. The summed E-state index contributed by atoms with van der Waals surface area (Å²) in [5.41, 5.74) is 4.40. The van der Waals surface area contributed by atoms with Gasteiger partial charge in [0.25, 0.3) is 0 Å². The van der Waals surface area contributed by atoms with Crippen molar-refractivity contribution in [3.63, 3.8) is 0 Å². The lowest BCUT2D eigenvalue weighted by molar-refractivity contribution is 0.679. The molecule has 0 spiro atoms. The van der Waals surface area contributed by atoms with Crippen LogP contribution < -0.4 is 0 Å². The second-order valence-corrected chi connectivity index (χ2v) is 7.23. The van der Waals surface area contributed by atoms with E-state index in [0.717, 1.165) is 26.7 Å². The Morgan fingerprint density at radius 3 is 2.17 bits per heavy atom. The van der Waals surface area contributed by atoms with Gasteiger partial charge < -0.3 is 0 Å². The minimum atomic E-state index is -1.26. The van der Waals surface area contributed by atoms with Crippen LogP contribution in [0.4, 0.5) is 0 Å². The van der Waals surface area contributed by atoms with Crippen LogP contribution in [0.1, 0.15) is 11.1 Å². The molecule has 0 N–H and O–H groups in total. The van der Waals surface area contributed by atoms with Crippen molar-refractivity contribution in [2.45, 2.75) is 18.7 Å². The second-order valence-electron chi connectivity index (χ2n) is 5.89. The minimum Gasteiger partial charge on any atom is -0.255 e. The molecule has 1 aromatic heterocycles. The Kier molecular flexibility index (Phi) is 3.31. The van der Waals surface area contributed by atoms with Gasteiger partial charge in [0.1, 0.15) is 0 Å². The molecule has 0 saturated carbocycles. The molecule has 4 aromatic rings. The van der Waals surface area contributed by atoms with Gasteiger partial charge in [-0.3, -0.25) is 3.97 Å². The highest BCUT2D eigenvalue weighted by Gasteiger charge is 2.16. The van der Waals surface area contributed by atoms with Gasteiger partial charge in [-0.05, 0) is 44.2 Å². The van der Waals surface area contributed by atoms with Crippen molar-refractivity contribution in [2.75, 3.05) is 0 Å². The molecule has 1 atom stereocenters. The first kappa shape index (κ1) is 14.2. The van der Waals surface area contributed by atoms with Crippen LogP contribution in [0, 0.1) is 13.8 Å². The smallest absolute Gasteiger partial charge is 0.157 e. The van der Waals surface area contributed by atoms with Gasteiger partial charge in [-0.15, -0.1) is 0 Å². The molecule has 0 bridgehead atoms. The normalized spacial score (nSPS) is 12.8. The summed E-state index contributed by atoms with van der Waals surface area (Å²) in [5, 5.41) is 2.30. The van der Waals surface area contributed by atoms with E-state index in [9.17, 15) is 4.21 Å². The quantitative estimate of drug-likeness (QED) is 0.510. The number of rotatable bonds is 2. The van der Waals surface area contributed by atoms with Crippen molar-refractivity contribution < 1.29 is 4.21 Å². The fraction of sp³-hybridized carbons (Fsp3) is 0.100. The monoisotopic (exact) mass is 319 g/mol. The van der Waals surface area contributed by atoms with Crippen LogP contribution >= 0.6 is 0 Å². The number of benzene rings is 3. The highest BCUT2D eigenvalue weighted by Crippen LogP contribution is 2.31. The van der Waals surface area contributed by atoms with Crippen LogP contribution in [-0.2, 0) is 11.0 Å². The van der Waals surface area contributed by atoms with Crippen molar-refractivity contribution in [2.24, 2.45) is 0 Å². The van der Waals surface area contributed by atoms with Crippen LogP contribution in [0.15, 0.2) is 71.6 Å². The predicted octanol–water partition coefficient (Wildman–Crippen LogP) is 4.98. The molecule has 0 radical (unpaired) electrons. The zero-order valence-corrected chi connectivity index (χ0v) is 13.9. The summed E-state index contributed by atoms with van der Waals surface area (Å²) in [5.74, 6) is 0. The lowest BCUT2D eigenvalue weighted by Gasteiger charge is -2.07. The van der Waals surface area contributed by atoms with Crippen LogP contribution in [-0.4, -0.2) is 8.18 Å². The number of para-hydroxylation sites is 1. The van der Waals surface area contributed by atoms with Gasteiger partial charge in [-0.25, -0.2) is 4.21 Å². The molecule has 1 heterocycles. The Bertz CT molecular complexity index is 1040. The Morgan fingerprint density at radius 1 is 0.739 bits per heavy atom. The molecule has 3 aromatic carbocycles. The molecule has 114 valence electrons. The number of fused-ring (bicyclic) bond motifs is 3. The van der Waals surface area contributed by atoms with E-state index in [4.69, 9.17) is 0 Å². The van der Waals surface area contributed by atoms with Crippen LogP contribution in [0.3, 0.4) is 0 Å². The molecule has 0 fully saturated rings. The van der Waals surface area contributed by atoms with Gasteiger partial charge in [0.2, 0.25) is 0 Å². The maximum atomic E-state index is 13.2. The molecule has 0 amide bonds. The number of hydrogen-bond acceptors (Lipinski definition) is 1. The number of nitrogens with zero attached hydrogens (tertiary/aromatic N) is 1. The van der Waals surface area contributed by atoms with Crippen molar-refractivity contribution >= 4 is 32.8 Å². The SMILES string of the molecule is Cc1ccc(S(=O)n2c3ccccc3c3cc(C)ccc32)cc1. The summed E-state index contributed by atoms with van der Waals surface area (Å²) in [6.07, 6.45) is 0. The fourth-order valence-corrected chi connectivity index (χ4v) is 4.25. The molecule has 2 nitrogen and oxygen atoms in total. The summed E-state index contributed by atoms with van der Waals surface area (Å²) < 4.78 is 15.1. The third kappa shape index (κ3) is 2.28. The molecule has 23 heavy (non-hydrogen) atoms. The van der Waals surface area contributed by atoms with Gasteiger partial charge in [0, 0.05) is 10.8 Å². The number of aromatic nitrogens is 1. The van der Waals surface area contributed by atoms with Crippen molar-refractivity contribution in [1.82, 2.24) is 3.97 Å². The van der Waals surface area contributed by atoms with E-state index in [2.05, 4.69) is 31.2 Å². The fourth-order valence-electron chi connectivity index (χ4n) is 2.99. The average molecular weight is 319 g/mol. The molecule has 1 unspecified atom stereocenters. The van der Waals surface area contributed by atoms with Crippen molar-refractivity contribution in [3.05, 3.63) is 77.9 Å². The second kappa shape index (κ2) is 5.36. The first-order valence-electron chi connectivity index (χ1n) is 7.64. The maximum Gasteiger partial charge on any atom is 0.157 e. The van der Waals surface area contributed by atoms with E-state index in [1.54, 1.807) is 0 Å². The molecule has 0 aliphatic heterocycles. The molecule has 0 aliphatic rings. The van der Waals surface area contributed by atoms with Gasteiger partial charge in [0.15, 0.2) is 11.0 Å². The van der Waals surface area contributed by atoms with Gasteiger partial charge in [-0.1, -0.05) is 47.5 Å². The molecular formula is C20H17NOS. The van der Waals surface area contributed by atoms with Crippen LogP contribution in [0.5, 0.6) is 0 Å². The Labute approximate surface area is 138 Å². The van der Waals surface area contributed by atoms with E-state index in [1.165, 1.54) is 11.1 Å². The van der Waals surface area contributed by atoms with E-state index in [0.29, 0.717) is 0 Å². The summed E-state index contributed by atoms with van der Waals surface area (Å²) in [7, 11) is -1.26. The third-order valence-corrected chi connectivity index (χ3v) is 5.57. The van der Waals surface area contributed by atoms with Crippen LogP contribution in [0.25, 0.3) is 21.8 Å². The largest absolute Gasteiger partial charge is 0.255 e. The van der Waals surface area contributed by atoms with E-state index >= 15 is 0 Å². The van der Waals surface area contributed by atoms with Gasteiger partial charge in [0.05, 0.1) is 15.9 Å². The van der Waals surface area contributed by atoms with E-state index in [1.807, 2.05) is 53.4 Å². The lowest BCUT2D eigenvalue weighted by atomic mass is 10.1. The maximum absolute atomic E-state index is 13.2. The summed E-state index contributed by atoms with van der Waals surface area (Å²) in [6, 6.07) is 22.4. The first-order chi connectivity index (χ1) is 11.1. The summed E-state index contributed by atoms with van der Waals surface area (Å²) in [4.78, 5) is 0.818. The highest BCUT2D eigenvalue weighted by atomic mass is 32.2. The standard InChI is InChI=1S/C20H17NOS/c1-14-7-10-16(11-8-14)23(22)21-19-6-4-3-5-17(19)18-13-15(2)9-12-20(18)21/h3-13H,1-2H3. The summed E-state index contributed by atoms with van der Waals surface area (Å²) in [6.45, 7) is 4.12. The topological polar surface area (TPSA) is 22.0 Å². The Morgan fingerprint density at radius 2 is 1.39 bits per heavy atom. The van der Waals surface area contributed by atoms with E-state index < -0.39 is 11.0 Å². The molecule has 4 rings (SSSR count). The third-order valence-electron chi connectivity index (χ3n) is 4.17. The Hall–Kier alpha value is -2.39. The first-order valence-corrected chi connectivity index (χ1v) is 8.74. The molecule has 0 saturated heterocycles. The van der Waals surface area contributed by atoms with Crippen LogP contribution in [0.2, 0.25) is 0 Å². The lowest BCUT2D eigenvalue weighted by Crippen LogP contribution is -2.04. The summed E-state index contributed by atoms with van der Waals surface area (Å²) >= 11 is 0. The number of aryl methyl sites for hydroxylation is 2. The van der Waals surface area contributed by atoms with Gasteiger partial charge >= 0.3 is 0 Å². The zero-order valence-electron chi connectivity index (χ0n) is 13.1. The molecular weight excluding hydrogens is 302 g/mol. The molecule has 3 heteroatoms. The van der Waals surface area contributed by atoms with Gasteiger partial charge in [-0.2, -0.15) is 0 Å².